The van der Waals surface area contributed by atoms with Crippen LogP contribution in [0.4, 0.5) is 13.2 Å². The molecular formula is C8H10F3NO. The number of furan rings is 1. The minimum atomic E-state index is -4.40. The normalized spacial score (nSPS) is 12.1. The SMILES string of the molecule is CNCc1cc(C)oc1C(F)(F)F. The maximum atomic E-state index is 12.3. The first-order valence-corrected chi connectivity index (χ1v) is 3.76. The molecule has 0 saturated heterocycles. The van der Waals surface area contributed by atoms with E-state index in [4.69, 9.17) is 0 Å². The lowest BCUT2D eigenvalue weighted by atomic mass is 10.2. The number of rotatable bonds is 2. The molecule has 1 heterocycles. The van der Waals surface area contributed by atoms with Crippen molar-refractivity contribution in [1.29, 1.82) is 0 Å². The van der Waals surface area contributed by atoms with Gasteiger partial charge in [0.05, 0.1) is 0 Å². The van der Waals surface area contributed by atoms with Gasteiger partial charge in [0.15, 0.2) is 0 Å². The first kappa shape index (κ1) is 10.1. The van der Waals surface area contributed by atoms with Crippen LogP contribution < -0.4 is 5.32 Å². The van der Waals surface area contributed by atoms with Crippen molar-refractivity contribution >= 4 is 0 Å². The molecular weight excluding hydrogens is 183 g/mol. The second-order valence-electron chi connectivity index (χ2n) is 2.74. The fourth-order valence-corrected chi connectivity index (χ4v) is 1.13. The van der Waals surface area contributed by atoms with Gasteiger partial charge in [-0.05, 0) is 20.0 Å². The second-order valence-corrected chi connectivity index (χ2v) is 2.74. The number of aryl methyl sites for hydroxylation is 1. The Labute approximate surface area is 73.7 Å². The van der Waals surface area contributed by atoms with E-state index in [2.05, 4.69) is 9.73 Å². The van der Waals surface area contributed by atoms with Crippen molar-refractivity contribution in [2.75, 3.05) is 7.05 Å². The average molecular weight is 193 g/mol. The summed E-state index contributed by atoms with van der Waals surface area (Å²) in [6.07, 6.45) is -4.40. The maximum absolute atomic E-state index is 12.3. The number of hydrogen-bond acceptors (Lipinski definition) is 2. The van der Waals surface area contributed by atoms with Gasteiger partial charge in [-0.1, -0.05) is 0 Å². The number of hydrogen-bond donors (Lipinski definition) is 1. The molecule has 0 aliphatic rings. The van der Waals surface area contributed by atoms with E-state index in [0.717, 1.165) is 0 Å². The zero-order valence-corrected chi connectivity index (χ0v) is 7.33. The molecule has 5 heteroatoms. The molecule has 0 aliphatic carbocycles. The Morgan fingerprint density at radius 1 is 1.46 bits per heavy atom. The molecule has 0 unspecified atom stereocenters. The summed E-state index contributed by atoms with van der Waals surface area (Å²) in [5, 5.41) is 2.65. The quantitative estimate of drug-likeness (QED) is 0.779. The predicted octanol–water partition coefficient (Wildman–Crippen LogP) is 2.33. The standard InChI is InChI=1S/C8H10F3NO/c1-5-3-6(4-12-2)7(13-5)8(9,10)11/h3,12H,4H2,1-2H3. The summed E-state index contributed by atoms with van der Waals surface area (Å²) < 4.78 is 41.4. The van der Waals surface area contributed by atoms with Gasteiger partial charge >= 0.3 is 6.18 Å². The molecule has 0 amide bonds. The lowest BCUT2D eigenvalue weighted by Crippen LogP contribution is -2.11. The summed E-state index contributed by atoms with van der Waals surface area (Å²) in [5.41, 5.74) is 0.146. The Hall–Kier alpha value is -0.970. The van der Waals surface area contributed by atoms with Gasteiger partial charge in [-0.3, -0.25) is 0 Å². The van der Waals surface area contributed by atoms with Crippen molar-refractivity contribution in [3.8, 4) is 0 Å². The summed E-state index contributed by atoms with van der Waals surface area (Å²) in [6.45, 7) is 1.65. The predicted molar refractivity (Wildman–Crippen MR) is 41.2 cm³/mol. The number of nitrogens with one attached hydrogen (secondary N) is 1. The van der Waals surface area contributed by atoms with E-state index in [1.807, 2.05) is 0 Å². The van der Waals surface area contributed by atoms with Gasteiger partial charge in [-0.15, -0.1) is 0 Å². The first-order valence-electron chi connectivity index (χ1n) is 3.76. The molecule has 0 aromatic carbocycles. The Bertz CT molecular complexity index is 290. The van der Waals surface area contributed by atoms with Gasteiger partial charge in [-0.2, -0.15) is 13.2 Å². The summed E-state index contributed by atoms with van der Waals surface area (Å²) in [7, 11) is 1.59. The highest BCUT2D eigenvalue weighted by molar-refractivity contribution is 5.23. The van der Waals surface area contributed by atoms with Gasteiger partial charge in [0.1, 0.15) is 5.76 Å². The smallest absolute Gasteiger partial charge is 0.449 e. The Balaban J connectivity index is 3.04. The van der Waals surface area contributed by atoms with Crippen LogP contribution >= 0.6 is 0 Å². The lowest BCUT2D eigenvalue weighted by Gasteiger charge is -2.04. The first-order chi connectivity index (χ1) is 5.95. The topological polar surface area (TPSA) is 25.2 Å². The van der Waals surface area contributed by atoms with Crippen LogP contribution in [0.1, 0.15) is 17.1 Å². The van der Waals surface area contributed by atoms with Gasteiger partial charge in [0, 0.05) is 12.1 Å². The van der Waals surface area contributed by atoms with Crippen molar-refractivity contribution in [1.82, 2.24) is 5.32 Å². The van der Waals surface area contributed by atoms with Gasteiger partial charge < -0.3 is 9.73 Å². The molecule has 74 valence electrons. The van der Waals surface area contributed by atoms with Crippen LogP contribution in [0.3, 0.4) is 0 Å². The third-order valence-electron chi connectivity index (χ3n) is 1.56. The van der Waals surface area contributed by atoms with Crippen molar-refractivity contribution in [2.45, 2.75) is 19.6 Å². The summed E-state index contributed by atoms with van der Waals surface area (Å²) in [6, 6.07) is 1.39. The van der Waals surface area contributed by atoms with E-state index in [-0.39, 0.29) is 17.9 Å². The Morgan fingerprint density at radius 2 is 2.08 bits per heavy atom. The van der Waals surface area contributed by atoms with Crippen molar-refractivity contribution < 1.29 is 17.6 Å². The molecule has 0 bridgehead atoms. The molecule has 0 radical (unpaired) electrons. The fourth-order valence-electron chi connectivity index (χ4n) is 1.13. The minimum Gasteiger partial charge on any atom is -0.456 e. The Morgan fingerprint density at radius 3 is 2.54 bits per heavy atom. The van der Waals surface area contributed by atoms with Crippen molar-refractivity contribution in [3.63, 3.8) is 0 Å². The van der Waals surface area contributed by atoms with Crippen molar-refractivity contribution in [2.24, 2.45) is 0 Å². The van der Waals surface area contributed by atoms with E-state index in [1.165, 1.54) is 13.0 Å². The Kier molecular flexibility index (Phi) is 2.66. The molecule has 0 atom stereocenters. The van der Waals surface area contributed by atoms with Crippen LogP contribution in [0.5, 0.6) is 0 Å². The maximum Gasteiger partial charge on any atom is 0.449 e. The van der Waals surface area contributed by atoms with Gasteiger partial charge in [-0.25, -0.2) is 0 Å². The minimum absolute atomic E-state index is 0.146. The monoisotopic (exact) mass is 193 g/mol. The average Bonchev–Trinajstić information content (AvgIpc) is 2.30. The van der Waals surface area contributed by atoms with Crippen LogP contribution in [0.2, 0.25) is 0 Å². The van der Waals surface area contributed by atoms with Crippen LogP contribution in [0, 0.1) is 6.92 Å². The van der Waals surface area contributed by atoms with Gasteiger partial charge in [0.2, 0.25) is 5.76 Å². The molecule has 1 aromatic heterocycles. The van der Waals surface area contributed by atoms with Crippen LogP contribution in [0.25, 0.3) is 0 Å². The lowest BCUT2D eigenvalue weighted by molar-refractivity contribution is -0.154. The molecule has 1 aromatic rings. The van der Waals surface area contributed by atoms with Crippen LogP contribution in [-0.4, -0.2) is 7.05 Å². The number of halogens is 3. The van der Waals surface area contributed by atoms with E-state index >= 15 is 0 Å². The van der Waals surface area contributed by atoms with Gasteiger partial charge in [0.25, 0.3) is 0 Å². The van der Waals surface area contributed by atoms with Crippen LogP contribution in [0.15, 0.2) is 10.5 Å². The van der Waals surface area contributed by atoms with Crippen LogP contribution in [-0.2, 0) is 12.7 Å². The molecule has 0 saturated carbocycles. The largest absolute Gasteiger partial charge is 0.456 e. The fraction of sp³-hybridized carbons (Fsp3) is 0.500. The molecule has 0 fully saturated rings. The molecule has 1 N–H and O–H groups in total. The third-order valence-corrected chi connectivity index (χ3v) is 1.56. The summed E-state index contributed by atoms with van der Waals surface area (Å²) >= 11 is 0. The summed E-state index contributed by atoms with van der Waals surface area (Å²) in [4.78, 5) is 0. The molecule has 1 rings (SSSR count). The highest BCUT2D eigenvalue weighted by Gasteiger charge is 2.37. The highest BCUT2D eigenvalue weighted by atomic mass is 19.4. The molecule has 0 aliphatic heterocycles. The molecule has 13 heavy (non-hydrogen) atoms. The summed E-state index contributed by atoms with van der Waals surface area (Å²) in [5.74, 6) is -0.628. The highest BCUT2D eigenvalue weighted by Crippen LogP contribution is 2.33. The zero-order valence-electron chi connectivity index (χ0n) is 7.33. The second kappa shape index (κ2) is 3.41. The van der Waals surface area contributed by atoms with E-state index in [1.54, 1.807) is 7.05 Å². The van der Waals surface area contributed by atoms with Crippen molar-refractivity contribution in [3.05, 3.63) is 23.2 Å². The van der Waals surface area contributed by atoms with E-state index in [9.17, 15) is 13.2 Å². The zero-order chi connectivity index (χ0) is 10.1. The molecule has 2 nitrogen and oxygen atoms in total. The van der Waals surface area contributed by atoms with E-state index < -0.39 is 11.9 Å². The number of alkyl halides is 3. The molecule has 0 spiro atoms. The van der Waals surface area contributed by atoms with E-state index in [0.29, 0.717) is 0 Å². The third kappa shape index (κ3) is 2.24.